The standard InChI is InChI=1S/C15H22N2O3S/c1-4-5-12-16-10(3)13(21-12)14(18)17(11-6-7-11)8-9(2)15(19)20/h9,11H,4-8H2,1-3H3,(H,19,20). The van der Waals surface area contributed by atoms with E-state index in [1.54, 1.807) is 11.8 Å². The third-order valence-corrected chi connectivity index (χ3v) is 4.84. The summed E-state index contributed by atoms with van der Waals surface area (Å²) < 4.78 is 0. The summed E-state index contributed by atoms with van der Waals surface area (Å²) in [6.45, 7) is 5.87. The van der Waals surface area contributed by atoms with Gasteiger partial charge in [-0.3, -0.25) is 9.59 Å². The Kier molecular flexibility index (Phi) is 4.98. The summed E-state index contributed by atoms with van der Waals surface area (Å²) in [5.41, 5.74) is 0.766. The molecule has 1 aromatic heterocycles. The number of rotatable bonds is 7. The highest BCUT2D eigenvalue weighted by Crippen LogP contribution is 2.31. The van der Waals surface area contributed by atoms with Crippen molar-refractivity contribution in [1.82, 2.24) is 9.88 Å². The molecular formula is C15H22N2O3S. The van der Waals surface area contributed by atoms with E-state index in [4.69, 9.17) is 5.11 Å². The van der Waals surface area contributed by atoms with Gasteiger partial charge in [0, 0.05) is 12.6 Å². The number of hydrogen-bond donors (Lipinski definition) is 1. The number of carboxylic acid groups (broad SMARTS) is 1. The van der Waals surface area contributed by atoms with Crippen LogP contribution in [0.5, 0.6) is 0 Å². The number of nitrogens with zero attached hydrogens (tertiary/aromatic N) is 2. The molecule has 1 N–H and O–H groups in total. The smallest absolute Gasteiger partial charge is 0.308 e. The fourth-order valence-corrected chi connectivity index (χ4v) is 3.38. The summed E-state index contributed by atoms with van der Waals surface area (Å²) >= 11 is 1.45. The summed E-state index contributed by atoms with van der Waals surface area (Å²) in [5, 5.41) is 10.1. The van der Waals surface area contributed by atoms with Crippen LogP contribution in [0.3, 0.4) is 0 Å². The Morgan fingerprint density at radius 1 is 1.48 bits per heavy atom. The highest BCUT2D eigenvalue weighted by atomic mass is 32.1. The molecule has 0 aromatic carbocycles. The van der Waals surface area contributed by atoms with Gasteiger partial charge in [0.05, 0.1) is 16.6 Å². The lowest BCUT2D eigenvalue weighted by Gasteiger charge is -2.23. The van der Waals surface area contributed by atoms with E-state index in [9.17, 15) is 9.59 Å². The molecule has 1 atom stereocenters. The van der Waals surface area contributed by atoms with Gasteiger partial charge in [-0.1, -0.05) is 13.8 Å². The van der Waals surface area contributed by atoms with E-state index in [0.29, 0.717) is 4.88 Å². The van der Waals surface area contributed by atoms with Crippen molar-refractivity contribution in [3.63, 3.8) is 0 Å². The van der Waals surface area contributed by atoms with Gasteiger partial charge in [0.25, 0.3) is 5.91 Å². The molecule has 1 aliphatic carbocycles. The van der Waals surface area contributed by atoms with Crippen molar-refractivity contribution in [2.24, 2.45) is 5.92 Å². The second kappa shape index (κ2) is 6.56. The Labute approximate surface area is 129 Å². The van der Waals surface area contributed by atoms with Crippen LogP contribution < -0.4 is 0 Å². The van der Waals surface area contributed by atoms with E-state index in [2.05, 4.69) is 11.9 Å². The van der Waals surface area contributed by atoms with Crippen LogP contribution in [-0.2, 0) is 11.2 Å². The average molecular weight is 310 g/mol. The minimum absolute atomic E-state index is 0.0528. The lowest BCUT2D eigenvalue weighted by Crippen LogP contribution is -2.38. The molecular weight excluding hydrogens is 288 g/mol. The first-order valence-corrected chi connectivity index (χ1v) is 8.25. The van der Waals surface area contributed by atoms with Crippen molar-refractivity contribution in [3.8, 4) is 0 Å². The number of amides is 1. The van der Waals surface area contributed by atoms with E-state index in [1.807, 2.05) is 6.92 Å². The number of carboxylic acids is 1. The third kappa shape index (κ3) is 3.81. The molecule has 2 rings (SSSR count). The maximum absolute atomic E-state index is 12.7. The normalized spacial score (nSPS) is 15.8. The van der Waals surface area contributed by atoms with Crippen LogP contribution in [0.2, 0.25) is 0 Å². The quantitative estimate of drug-likeness (QED) is 0.840. The number of carbonyl (C=O) groups is 2. The topological polar surface area (TPSA) is 70.5 Å². The van der Waals surface area contributed by atoms with E-state index in [-0.39, 0.29) is 18.5 Å². The van der Waals surface area contributed by atoms with Crippen LogP contribution >= 0.6 is 11.3 Å². The third-order valence-electron chi connectivity index (χ3n) is 3.64. The van der Waals surface area contributed by atoms with Gasteiger partial charge in [-0.2, -0.15) is 0 Å². The van der Waals surface area contributed by atoms with E-state index in [1.165, 1.54) is 11.3 Å². The zero-order valence-electron chi connectivity index (χ0n) is 12.8. The van der Waals surface area contributed by atoms with Crippen LogP contribution in [0.15, 0.2) is 0 Å². The second-order valence-electron chi connectivity index (χ2n) is 5.70. The summed E-state index contributed by atoms with van der Waals surface area (Å²) in [7, 11) is 0. The van der Waals surface area contributed by atoms with Crippen molar-refractivity contribution in [2.75, 3.05) is 6.54 Å². The van der Waals surface area contributed by atoms with Gasteiger partial charge < -0.3 is 10.0 Å². The van der Waals surface area contributed by atoms with Crippen molar-refractivity contribution in [2.45, 2.75) is 52.5 Å². The van der Waals surface area contributed by atoms with E-state index < -0.39 is 11.9 Å². The van der Waals surface area contributed by atoms with Crippen LogP contribution in [0.1, 0.15) is 53.5 Å². The molecule has 0 saturated heterocycles. The number of hydrogen-bond acceptors (Lipinski definition) is 4. The molecule has 0 radical (unpaired) electrons. The molecule has 1 unspecified atom stereocenters. The molecule has 0 spiro atoms. The molecule has 6 heteroatoms. The first kappa shape index (κ1) is 15.9. The fraction of sp³-hybridized carbons (Fsp3) is 0.667. The maximum atomic E-state index is 12.7. The maximum Gasteiger partial charge on any atom is 0.308 e. The first-order valence-electron chi connectivity index (χ1n) is 7.44. The monoisotopic (exact) mass is 310 g/mol. The summed E-state index contributed by atoms with van der Waals surface area (Å²) in [4.78, 5) is 30.6. The molecule has 21 heavy (non-hydrogen) atoms. The molecule has 0 aliphatic heterocycles. The largest absolute Gasteiger partial charge is 0.481 e. The van der Waals surface area contributed by atoms with Crippen molar-refractivity contribution >= 4 is 23.2 Å². The number of aromatic nitrogens is 1. The Balaban J connectivity index is 2.16. The Morgan fingerprint density at radius 2 is 2.14 bits per heavy atom. The van der Waals surface area contributed by atoms with Gasteiger partial charge in [0.2, 0.25) is 0 Å². The minimum atomic E-state index is -0.860. The van der Waals surface area contributed by atoms with Gasteiger partial charge >= 0.3 is 5.97 Å². The molecule has 1 fully saturated rings. The number of thiazole rings is 1. The van der Waals surface area contributed by atoms with Crippen LogP contribution in [0.4, 0.5) is 0 Å². The molecule has 1 aliphatic rings. The number of aryl methyl sites for hydroxylation is 2. The first-order chi connectivity index (χ1) is 9.93. The van der Waals surface area contributed by atoms with Gasteiger partial charge in [0.1, 0.15) is 4.88 Å². The number of aliphatic carboxylic acids is 1. The van der Waals surface area contributed by atoms with E-state index in [0.717, 1.165) is 36.4 Å². The highest BCUT2D eigenvalue weighted by Gasteiger charge is 2.36. The number of carbonyl (C=O) groups excluding carboxylic acids is 1. The van der Waals surface area contributed by atoms with Crippen LogP contribution in [-0.4, -0.2) is 39.5 Å². The van der Waals surface area contributed by atoms with Gasteiger partial charge in [-0.05, 0) is 32.6 Å². The fourth-order valence-electron chi connectivity index (χ4n) is 2.26. The predicted molar refractivity (Wildman–Crippen MR) is 81.7 cm³/mol. The molecule has 1 saturated carbocycles. The second-order valence-corrected chi connectivity index (χ2v) is 6.78. The van der Waals surface area contributed by atoms with Gasteiger partial charge in [-0.25, -0.2) is 4.98 Å². The van der Waals surface area contributed by atoms with Gasteiger partial charge in [0.15, 0.2) is 0 Å². The van der Waals surface area contributed by atoms with Crippen molar-refractivity contribution in [3.05, 3.63) is 15.6 Å². The molecule has 1 amide bonds. The molecule has 1 heterocycles. The van der Waals surface area contributed by atoms with Crippen LogP contribution in [0, 0.1) is 12.8 Å². The molecule has 0 bridgehead atoms. The summed E-state index contributed by atoms with van der Waals surface area (Å²) in [6.07, 6.45) is 3.83. The Hall–Kier alpha value is -1.43. The highest BCUT2D eigenvalue weighted by molar-refractivity contribution is 7.13. The van der Waals surface area contributed by atoms with Crippen molar-refractivity contribution < 1.29 is 14.7 Å². The zero-order valence-corrected chi connectivity index (χ0v) is 13.6. The lowest BCUT2D eigenvalue weighted by atomic mass is 10.1. The minimum Gasteiger partial charge on any atom is -0.481 e. The lowest BCUT2D eigenvalue weighted by molar-refractivity contribution is -0.141. The van der Waals surface area contributed by atoms with Gasteiger partial charge in [-0.15, -0.1) is 11.3 Å². The molecule has 1 aromatic rings. The summed E-state index contributed by atoms with van der Waals surface area (Å²) in [6, 6.07) is 0.204. The average Bonchev–Trinajstić information content (AvgIpc) is 3.19. The Bertz CT molecular complexity index is 537. The summed E-state index contributed by atoms with van der Waals surface area (Å²) in [5.74, 6) is -1.46. The predicted octanol–water partition coefficient (Wildman–Crippen LogP) is 2.73. The van der Waals surface area contributed by atoms with Crippen molar-refractivity contribution in [1.29, 1.82) is 0 Å². The SMILES string of the molecule is CCCc1nc(C)c(C(=O)N(CC(C)C(=O)O)C2CC2)s1. The van der Waals surface area contributed by atoms with E-state index >= 15 is 0 Å². The van der Waals surface area contributed by atoms with Crippen LogP contribution in [0.25, 0.3) is 0 Å². The Morgan fingerprint density at radius 3 is 2.67 bits per heavy atom. The molecule has 116 valence electrons. The zero-order chi connectivity index (χ0) is 15.6. The molecule has 5 nitrogen and oxygen atoms in total.